The zero-order valence-corrected chi connectivity index (χ0v) is 12.2. The Morgan fingerprint density at radius 3 is 2.78 bits per heavy atom. The standard InChI is InChI=1S/C12H14N2O2S2/c1-4-16-12(15)11-7(2)18-10(14-11)5-9-6-17-8(3)13-9/h6H,4-5H2,1-3H3. The van der Waals surface area contributed by atoms with E-state index in [9.17, 15) is 4.79 Å². The van der Waals surface area contributed by atoms with Crippen molar-refractivity contribution in [3.63, 3.8) is 0 Å². The molecule has 96 valence electrons. The Kier molecular flexibility index (Phi) is 4.08. The maximum Gasteiger partial charge on any atom is 0.358 e. The van der Waals surface area contributed by atoms with Crippen molar-refractivity contribution < 1.29 is 9.53 Å². The van der Waals surface area contributed by atoms with Crippen molar-refractivity contribution in [2.75, 3.05) is 6.61 Å². The lowest BCUT2D eigenvalue weighted by atomic mass is 10.3. The summed E-state index contributed by atoms with van der Waals surface area (Å²) in [6.07, 6.45) is 0.676. The summed E-state index contributed by atoms with van der Waals surface area (Å²) in [5.41, 5.74) is 1.44. The Morgan fingerprint density at radius 2 is 2.17 bits per heavy atom. The topological polar surface area (TPSA) is 52.1 Å². The van der Waals surface area contributed by atoms with Gasteiger partial charge in [-0.1, -0.05) is 0 Å². The van der Waals surface area contributed by atoms with Crippen LogP contribution in [-0.2, 0) is 11.2 Å². The van der Waals surface area contributed by atoms with Gasteiger partial charge < -0.3 is 4.74 Å². The number of ether oxygens (including phenoxy) is 1. The van der Waals surface area contributed by atoms with Gasteiger partial charge in [-0.15, -0.1) is 22.7 Å². The summed E-state index contributed by atoms with van der Waals surface area (Å²) in [5, 5.41) is 3.97. The Bertz CT molecular complexity index is 560. The number of carbonyl (C=O) groups is 1. The summed E-state index contributed by atoms with van der Waals surface area (Å²) in [5.74, 6) is -0.341. The molecule has 18 heavy (non-hydrogen) atoms. The average Bonchev–Trinajstić information content (AvgIpc) is 2.86. The fraction of sp³-hybridized carbons (Fsp3) is 0.417. The third kappa shape index (κ3) is 2.94. The number of esters is 1. The lowest BCUT2D eigenvalue weighted by Crippen LogP contribution is -2.06. The van der Waals surface area contributed by atoms with Crippen LogP contribution in [0.3, 0.4) is 0 Å². The van der Waals surface area contributed by atoms with E-state index < -0.39 is 0 Å². The molecular weight excluding hydrogens is 268 g/mol. The lowest BCUT2D eigenvalue weighted by molar-refractivity contribution is 0.0519. The van der Waals surface area contributed by atoms with Crippen LogP contribution in [-0.4, -0.2) is 22.5 Å². The van der Waals surface area contributed by atoms with Crippen LogP contribution in [0.5, 0.6) is 0 Å². The van der Waals surface area contributed by atoms with Gasteiger partial charge in [-0.2, -0.15) is 0 Å². The Hall–Kier alpha value is -1.27. The van der Waals surface area contributed by atoms with Gasteiger partial charge in [0.2, 0.25) is 0 Å². The SMILES string of the molecule is CCOC(=O)c1nc(Cc2csc(C)n2)sc1C. The van der Waals surface area contributed by atoms with E-state index in [-0.39, 0.29) is 5.97 Å². The molecule has 0 unspecified atom stereocenters. The molecule has 0 aliphatic carbocycles. The average molecular weight is 282 g/mol. The third-order valence-corrected chi connectivity index (χ3v) is 4.10. The van der Waals surface area contributed by atoms with E-state index in [0.717, 1.165) is 20.6 Å². The molecule has 2 aromatic heterocycles. The first-order valence-corrected chi connectivity index (χ1v) is 7.34. The number of aryl methyl sites for hydroxylation is 2. The van der Waals surface area contributed by atoms with Crippen LogP contribution < -0.4 is 0 Å². The molecule has 0 N–H and O–H groups in total. The van der Waals surface area contributed by atoms with Crippen molar-refractivity contribution in [2.24, 2.45) is 0 Å². The van der Waals surface area contributed by atoms with Crippen molar-refractivity contribution in [3.8, 4) is 0 Å². The van der Waals surface area contributed by atoms with Gasteiger partial charge >= 0.3 is 5.97 Å². The monoisotopic (exact) mass is 282 g/mol. The molecule has 6 heteroatoms. The highest BCUT2D eigenvalue weighted by Gasteiger charge is 2.16. The first-order valence-electron chi connectivity index (χ1n) is 5.64. The van der Waals surface area contributed by atoms with Gasteiger partial charge in [0.25, 0.3) is 0 Å². The predicted molar refractivity (Wildman–Crippen MR) is 72.5 cm³/mol. The van der Waals surface area contributed by atoms with Crippen LogP contribution >= 0.6 is 22.7 Å². The van der Waals surface area contributed by atoms with Crippen LogP contribution in [0.1, 0.15) is 38.0 Å². The number of rotatable bonds is 4. The summed E-state index contributed by atoms with van der Waals surface area (Å²) in [6.45, 7) is 6.03. The van der Waals surface area contributed by atoms with Crippen LogP contribution in [0, 0.1) is 13.8 Å². The van der Waals surface area contributed by atoms with E-state index in [4.69, 9.17) is 4.74 Å². The minimum Gasteiger partial charge on any atom is -0.461 e. The molecule has 0 saturated heterocycles. The molecule has 0 spiro atoms. The second kappa shape index (κ2) is 5.58. The van der Waals surface area contributed by atoms with Gasteiger partial charge in [-0.05, 0) is 20.8 Å². The largest absolute Gasteiger partial charge is 0.461 e. The van der Waals surface area contributed by atoms with Crippen molar-refractivity contribution in [1.29, 1.82) is 0 Å². The van der Waals surface area contributed by atoms with Crippen molar-refractivity contribution in [2.45, 2.75) is 27.2 Å². The van der Waals surface area contributed by atoms with Gasteiger partial charge in [-0.25, -0.2) is 14.8 Å². The van der Waals surface area contributed by atoms with Gasteiger partial charge in [0.1, 0.15) is 0 Å². The molecule has 0 amide bonds. The predicted octanol–water partition coefficient (Wildman–Crippen LogP) is 2.98. The summed E-state index contributed by atoms with van der Waals surface area (Å²) in [7, 11) is 0. The number of carbonyl (C=O) groups excluding carboxylic acids is 1. The number of aromatic nitrogens is 2. The Morgan fingerprint density at radius 1 is 1.39 bits per heavy atom. The summed E-state index contributed by atoms with van der Waals surface area (Å²) in [6, 6.07) is 0. The second-order valence-corrected chi connectivity index (χ2v) is 6.12. The van der Waals surface area contributed by atoms with Crippen LogP contribution in [0.2, 0.25) is 0 Å². The molecule has 0 aliphatic rings. The van der Waals surface area contributed by atoms with Gasteiger partial charge in [0.05, 0.1) is 22.3 Å². The fourth-order valence-electron chi connectivity index (χ4n) is 1.56. The minimum absolute atomic E-state index is 0.341. The number of hydrogen-bond acceptors (Lipinski definition) is 6. The zero-order chi connectivity index (χ0) is 13.1. The van der Waals surface area contributed by atoms with E-state index >= 15 is 0 Å². The summed E-state index contributed by atoms with van der Waals surface area (Å²) < 4.78 is 4.97. The highest BCUT2D eigenvalue weighted by Crippen LogP contribution is 2.21. The van der Waals surface area contributed by atoms with Gasteiger partial charge in [0, 0.05) is 16.7 Å². The quantitative estimate of drug-likeness (QED) is 0.809. The van der Waals surface area contributed by atoms with E-state index in [1.54, 1.807) is 18.3 Å². The first-order chi connectivity index (χ1) is 8.60. The van der Waals surface area contributed by atoms with E-state index in [2.05, 4.69) is 9.97 Å². The summed E-state index contributed by atoms with van der Waals surface area (Å²) >= 11 is 3.15. The van der Waals surface area contributed by atoms with Gasteiger partial charge in [0.15, 0.2) is 5.69 Å². The molecule has 2 heterocycles. The molecule has 0 aliphatic heterocycles. The highest BCUT2D eigenvalue weighted by molar-refractivity contribution is 7.12. The first kappa shape index (κ1) is 13.2. The maximum atomic E-state index is 11.6. The normalized spacial score (nSPS) is 10.6. The summed E-state index contributed by atoms with van der Waals surface area (Å²) in [4.78, 5) is 21.3. The van der Waals surface area contributed by atoms with Crippen LogP contribution in [0.4, 0.5) is 0 Å². The maximum absolute atomic E-state index is 11.6. The van der Waals surface area contributed by atoms with Crippen molar-refractivity contribution in [3.05, 3.63) is 31.7 Å². The molecule has 0 saturated carbocycles. The molecule has 2 aromatic rings. The molecule has 0 aromatic carbocycles. The molecule has 0 fully saturated rings. The number of nitrogens with zero attached hydrogens (tertiary/aromatic N) is 2. The fourth-order valence-corrected chi connectivity index (χ4v) is 3.11. The van der Waals surface area contributed by atoms with E-state index in [1.165, 1.54) is 11.3 Å². The second-order valence-electron chi connectivity index (χ2n) is 3.77. The van der Waals surface area contributed by atoms with E-state index in [1.807, 2.05) is 19.2 Å². The molecule has 0 atom stereocenters. The Balaban J connectivity index is 2.16. The minimum atomic E-state index is -0.341. The number of hydrogen-bond donors (Lipinski definition) is 0. The smallest absolute Gasteiger partial charge is 0.358 e. The van der Waals surface area contributed by atoms with Crippen molar-refractivity contribution in [1.82, 2.24) is 9.97 Å². The third-order valence-electron chi connectivity index (χ3n) is 2.31. The zero-order valence-electron chi connectivity index (χ0n) is 10.5. The van der Waals surface area contributed by atoms with Crippen LogP contribution in [0.15, 0.2) is 5.38 Å². The molecule has 4 nitrogen and oxygen atoms in total. The van der Waals surface area contributed by atoms with Crippen molar-refractivity contribution >= 4 is 28.6 Å². The van der Waals surface area contributed by atoms with E-state index in [0.29, 0.717) is 18.7 Å². The lowest BCUT2D eigenvalue weighted by Gasteiger charge is -1.97. The molecule has 0 bridgehead atoms. The number of thiazole rings is 2. The molecule has 2 rings (SSSR count). The van der Waals surface area contributed by atoms with Gasteiger partial charge in [-0.3, -0.25) is 0 Å². The molecule has 0 radical (unpaired) electrons. The van der Waals surface area contributed by atoms with Crippen LogP contribution in [0.25, 0.3) is 0 Å². The molecular formula is C12H14N2O2S2. The highest BCUT2D eigenvalue weighted by atomic mass is 32.1. The Labute approximate surface area is 114 Å².